The van der Waals surface area contributed by atoms with Crippen LogP contribution in [0.3, 0.4) is 0 Å². The normalized spacial score (nSPS) is 14.9. The lowest BCUT2D eigenvalue weighted by Gasteiger charge is -2.45. The van der Waals surface area contributed by atoms with Gasteiger partial charge in [-0.1, -0.05) is 257 Å². The average Bonchev–Trinajstić information content (AvgIpc) is 1.63. The Kier molecular flexibility index (Phi) is 10.6. The largest absolute Gasteiger partial charge is 0.310 e. The molecule has 2 heteroatoms. The van der Waals surface area contributed by atoms with Gasteiger partial charge in [-0.15, -0.1) is 0 Å². The minimum absolute atomic E-state index is 0.169. The second-order valence-electron chi connectivity index (χ2n) is 23.5. The van der Waals surface area contributed by atoms with Crippen LogP contribution in [0.4, 0.5) is 17.1 Å². The number of hydrogen-bond acceptors (Lipinski definition) is 1. The van der Waals surface area contributed by atoms with E-state index in [4.69, 9.17) is 0 Å². The topological polar surface area (TPSA) is 8.17 Å². The van der Waals surface area contributed by atoms with Gasteiger partial charge in [-0.05, 0) is 166 Å². The van der Waals surface area contributed by atoms with Gasteiger partial charge in [0.25, 0.3) is 0 Å². The lowest BCUT2D eigenvalue weighted by Crippen LogP contribution is -2.36. The van der Waals surface area contributed by atoms with E-state index in [2.05, 4.69) is 327 Å². The quantitative estimate of drug-likeness (QED) is 0.167. The molecule has 3 aliphatic rings. The number of nitrogens with zero attached hydrogens (tertiary/aromatic N) is 2. The van der Waals surface area contributed by atoms with E-state index in [1.165, 1.54) is 122 Å². The molecule has 84 heavy (non-hydrogen) atoms. The van der Waals surface area contributed by atoms with Crippen molar-refractivity contribution in [3.63, 3.8) is 0 Å². The van der Waals surface area contributed by atoms with E-state index >= 15 is 0 Å². The van der Waals surface area contributed by atoms with Crippen LogP contribution >= 0.6 is 0 Å². The maximum absolute atomic E-state index is 2.62. The van der Waals surface area contributed by atoms with Crippen LogP contribution in [-0.4, -0.2) is 4.57 Å². The molecule has 13 aromatic carbocycles. The predicted molar refractivity (Wildman–Crippen MR) is 353 cm³/mol. The third kappa shape index (κ3) is 6.92. The minimum atomic E-state index is -0.736. The van der Waals surface area contributed by atoms with Gasteiger partial charge in [0.1, 0.15) is 0 Å². The minimum Gasteiger partial charge on any atom is -0.310 e. The third-order valence-electron chi connectivity index (χ3n) is 18.8. The van der Waals surface area contributed by atoms with Crippen molar-refractivity contribution in [3.8, 4) is 61.3 Å². The van der Waals surface area contributed by atoms with Crippen LogP contribution in [0.15, 0.2) is 303 Å². The smallest absolute Gasteiger partial charge is 0.0755 e. The number of para-hydroxylation sites is 1. The number of fused-ring (bicyclic) bond motifs is 19. The van der Waals surface area contributed by atoms with Gasteiger partial charge in [-0.25, -0.2) is 0 Å². The fraction of sp³-hybridized carbons (Fsp3) is 0.0488. The Morgan fingerprint density at radius 3 is 1.30 bits per heavy atom. The lowest BCUT2D eigenvalue weighted by molar-refractivity contribution is 0.660. The molecule has 17 rings (SSSR count). The summed E-state index contributed by atoms with van der Waals surface area (Å²) in [4.78, 5) is 2.56. The van der Waals surface area contributed by atoms with Gasteiger partial charge in [0, 0.05) is 27.4 Å². The SMILES string of the molecule is CC1(C)c2ccccc2-c2ccc(N3c4ccccc4C4(c5ccccc5-c5c(-n6c7ccc(-c8ccccc8)cc7c7ccccc7c7ccccc7c7cc(-c8ccccc8)ccc76)cccc54)c4cc(-c5ccccc5)ccc43)cc21. The summed E-state index contributed by atoms with van der Waals surface area (Å²) >= 11 is 0. The molecule has 2 heterocycles. The zero-order valence-corrected chi connectivity index (χ0v) is 46.8. The molecule has 1 atom stereocenters. The van der Waals surface area contributed by atoms with E-state index in [0.717, 1.165) is 33.2 Å². The molecule has 1 unspecified atom stereocenters. The predicted octanol–water partition coefficient (Wildman–Crippen LogP) is 21.7. The number of benzene rings is 13. The molecule has 2 aliphatic carbocycles. The lowest BCUT2D eigenvalue weighted by atomic mass is 9.64. The number of hydrogen-bond donors (Lipinski definition) is 0. The highest BCUT2D eigenvalue weighted by molar-refractivity contribution is 6.20. The standard InChI is InChI=1S/C82H56N2/c1-81(2)69-35-18-16-33-64(69)65-45-44-59(52-73(65)81)83-77-39-21-20-37-71(77)82(74-51-58(43-48-78(74)83)55-27-10-5-11-28-55)70-36-19-17-34-66(70)80-72(82)38-22-40-79(80)84-75-46-41-56(53-23-6-3-7-24-53)49-67(75)62-31-14-12-29-60(62)61-30-13-15-32-63(61)68-50-57(42-47-76(68)84)54-25-8-4-9-26-54/h3-52H,1-2H3. The molecular formula is C82H56N2. The third-order valence-corrected chi connectivity index (χ3v) is 18.8. The highest BCUT2D eigenvalue weighted by Crippen LogP contribution is 2.65. The van der Waals surface area contributed by atoms with E-state index < -0.39 is 5.41 Å². The molecule has 2 nitrogen and oxygen atoms in total. The van der Waals surface area contributed by atoms with Crippen molar-refractivity contribution < 1.29 is 0 Å². The summed E-state index contributed by atoms with van der Waals surface area (Å²) in [6, 6.07) is 114. The van der Waals surface area contributed by atoms with E-state index in [-0.39, 0.29) is 5.41 Å². The van der Waals surface area contributed by atoms with Crippen molar-refractivity contribution in [1.82, 2.24) is 4.57 Å². The van der Waals surface area contributed by atoms with Gasteiger partial charge >= 0.3 is 0 Å². The summed E-state index contributed by atoms with van der Waals surface area (Å²) in [7, 11) is 0. The summed E-state index contributed by atoms with van der Waals surface area (Å²) in [5.41, 5.74) is 25.9. The highest BCUT2D eigenvalue weighted by Gasteiger charge is 2.53. The van der Waals surface area contributed by atoms with Crippen LogP contribution in [0.5, 0.6) is 0 Å². The Morgan fingerprint density at radius 1 is 0.250 bits per heavy atom. The maximum Gasteiger partial charge on any atom is 0.0755 e. The van der Waals surface area contributed by atoms with Crippen molar-refractivity contribution >= 4 is 60.4 Å². The molecule has 0 N–H and O–H groups in total. The van der Waals surface area contributed by atoms with E-state index in [1.807, 2.05) is 0 Å². The first-order chi connectivity index (χ1) is 41.4. The molecule has 0 saturated carbocycles. The summed E-state index contributed by atoms with van der Waals surface area (Å²) < 4.78 is 2.62. The summed E-state index contributed by atoms with van der Waals surface area (Å²) in [6.07, 6.45) is 0. The molecule has 0 fully saturated rings. The second kappa shape index (κ2) is 18.5. The Bertz CT molecular complexity index is 4960. The summed E-state index contributed by atoms with van der Waals surface area (Å²) in [6.45, 7) is 4.77. The average molecular weight is 1070 g/mol. The Labute approximate surface area is 489 Å². The van der Waals surface area contributed by atoms with Crippen molar-refractivity contribution in [3.05, 3.63) is 337 Å². The van der Waals surface area contributed by atoms with Crippen LogP contribution in [0, 0.1) is 0 Å². The molecule has 0 bridgehead atoms. The van der Waals surface area contributed by atoms with E-state index in [9.17, 15) is 0 Å². The number of anilines is 3. The zero-order valence-electron chi connectivity index (χ0n) is 46.8. The molecular weight excluding hydrogens is 1010 g/mol. The molecule has 14 aromatic rings. The van der Waals surface area contributed by atoms with Crippen LogP contribution in [-0.2, 0) is 10.8 Å². The van der Waals surface area contributed by atoms with Gasteiger partial charge in [0.15, 0.2) is 0 Å². The van der Waals surface area contributed by atoms with Gasteiger partial charge in [0.05, 0.1) is 33.5 Å². The van der Waals surface area contributed by atoms with Crippen LogP contribution in [0.2, 0.25) is 0 Å². The van der Waals surface area contributed by atoms with E-state index in [1.54, 1.807) is 0 Å². The molecule has 1 spiro atoms. The summed E-state index contributed by atoms with van der Waals surface area (Å²) in [5.74, 6) is 0. The fourth-order valence-corrected chi connectivity index (χ4v) is 15.1. The van der Waals surface area contributed by atoms with Gasteiger partial charge in [0.2, 0.25) is 0 Å². The van der Waals surface area contributed by atoms with Gasteiger partial charge in [-0.3, -0.25) is 0 Å². The van der Waals surface area contributed by atoms with Gasteiger partial charge < -0.3 is 9.47 Å². The number of aromatic nitrogens is 1. The highest BCUT2D eigenvalue weighted by atomic mass is 15.2. The van der Waals surface area contributed by atoms with Crippen LogP contribution in [0.1, 0.15) is 47.2 Å². The van der Waals surface area contributed by atoms with Crippen molar-refractivity contribution in [2.75, 3.05) is 4.90 Å². The molecule has 0 amide bonds. The zero-order chi connectivity index (χ0) is 55.7. The first-order valence-electron chi connectivity index (χ1n) is 29.4. The Balaban J connectivity index is 1.02. The Morgan fingerprint density at radius 2 is 0.690 bits per heavy atom. The number of rotatable bonds is 5. The van der Waals surface area contributed by atoms with Crippen LogP contribution < -0.4 is 4.90 Å². The van der Waals surface area contributed by atoms with Crippen molar-refractivity contribution in [2.45, 2.75) is 24.7 Å². The van der Waals surface area contributed by atoms with Crippen LogP contribution in [0.25, 0.3) is 105 Å². The van der Waals surface area contributed by atoms with Crippen molar-refractivity contribution in [1.29, 1.82) is 0 Å². The summed E-state index contributed by atoms with van der Waals surface area (Å²) in [5, 5.41) is 7.10. The molecule has 0 saturated heterocycles. The molecule has 0 radical (unpaired) electrons. The molecule has 394 valence electrons. The van der Waals surface area contributed by atoms with E-state index in [0.29, 0.717) is 0 Å². The van der Waals surface area contributed by atoms with Gasteiger partial charge in [-0.2, -0.15) is 0 Å². The van der Waals surface area contributed by atoms with Crippen molar-refractivity contribution in [2.24, 2.45) is 0 Å². The first-order valence-corrected chi connectivity index (χ1v) is 29.4. The molecule has 1 aromatic heterocycles. The monoisotopic (exact) mass is 1070 g/mol. The molecule has 1 aliphatic heterocycles. The first kappa shape index (κ1) is 48.2. The Hall–Kier alpha value is -10.5. The maximum atomic E-state index is 2.62. The fourth-order valence-electron chi connectivity index (χ4n) is 15.1. The second-order valence-corrected chi connectivity index (χ2v) is 23.5.